The average molecular weight is 278 g/mol. The van der Waals surface area contributed by atoms with Crippen molar-refractivity contribution in [2.45, 2.75) is 51.6 Å². The summed E-state index contributed by atoms with van der Waals surface area (Å²) >= 11 is 0. The molecule has 1 heterocycles. The minimum Gasteiger partial charge on any atom is -0.393 e. The molecule has 1 aliphatic carbocycles. The van der Waals surface area contributed by atoms with Crippen molar-refractivity contribution < 1.29 is 5.11 Å². The summed E-state index contributed by atoms with van der Waals surface area (Å²) in [4.78, 5) is 8.65. The predicted octanol–water partition coefficient (Wildman–Crippen LogP) is 2.60. The van der Waals surface area contributed by atoms with Gasteiger partial charge in [0.05, 0.1) is 6.10 Å². The Morgan fingerprint density at radius 2 is 1.95 bits per heavy atom. The van der Waals surface area contributed by atoms with Crippen LogP contribution in [-0.4, -0.2) is 34.8 Å². The van der Waals surface area contributed by atoms with Gasteiger partial charge in [-0.05, 0) is 18.8 Å². The summed E-state index contributed by atoms with van der Waals surface area (Å²) in [6.45, 7) is 5.06. The summed E-state index contributed by atoms with van der Waals surface area (Å²) in [6, 6.07) is 0. The largest absolute Gasteiger partial charge is 0.393 e. The Bertz CT molecular complexity index is 436. The molecule has 0 aliphatic heterocycles. The summed E-state index contributed by atoms with van der Waals surface area (Å²) < 4.78 is 0. The lowest BCUT2D eigenvalue weighted by Gasteiger charge is -2.28. The van der Waals surface area contributed by atoms with Crippen LogP contribution < -0.4 is 10.6 Å². The minimum atomic E-state index is -0.177. The smallest absolute Gasteiger partial charge is 0.134 e. The van der Waals surface area contributed by atoms with E-state index < -0.39 is 0 Å². The summed E-state index contributed by atoms with van der Waals surface area (Å²) in [5.74, 6) is 2.44. The Balaban J connectivity index is 2.08. The van der Waals surface area contributed by atoms with Gasteiger partial charge in [-0.25, -0.2) is 9.97 Å². The van der Waals surface area contributed by atoms with E-state index in [4.69, 9.17) is 0 Å². The average Bonchev–Trinajstić information content (AvgIpc) is 2.45. The fraction of sp³-hybridized carbons (Fsp3) is 0.733. The van der Waals surface area contributed by atoms with Gasteiger partial charge in [0.25, 0.3) is 0 Å². The maximum absolute atomic E-state index is 10.0. The number of nitrogens with zero attached hydrogens (tertiary/aromatic N) is 2. The molecule has 0 aromatic carbocycles. The van der Waals surface area contributed by atoms with Crippen molar-refractivity contribution in [1.82, 2.24) is 9.97 Å². The highest BCUT2D eigenvalue weighted by atomic mass is 16.3. The molecule has 5 heteroatoms. The number of hydrogen-bond acceptors (Lipinski definition) is 5. The third kappa shape index (κ3) is 3.39. The molecule has 1 saturated carbocycles. The van der Waals surface area contributed by atoms with E-state index in [0.29, 0.717) is 11.8 Å². The van der Waals surface area contributed by atoms with Crippen molar-refractivity contribution in [3.63, 3.8) is 0 Å². The van der Waals surface area contributed by atoms with Crippen LogP contribution in [0.3, 0.4) is 0 Å². The van der Waals surface area contributed by atoms with Crippen molar-refractivity contribution in [1.29, 1.82) is 0 Å². The lowest BCUT2D eigenvalue weighted by molar-refractivity contribution is 0.0763. The van der Waals surface area contributed by atoms with Crippen LogP contribution in [0.1, 0.15) is 51.0 Å². The third-order valence-corrected chi connectivity index (χ3v) is 4.10. The second kappa shape index (κ2) is 6.88. The first-order valence-electron chi connectivity index (χ1n) is 7.58. The van der Waals surface area contributed by atoms with Gasteiger partial charge in [0.1, 0.15) is 18.0 Å². The molecule has 3 N–H and O–H groups in total. The maximum atomic E-state index is 10.0. The van der Waals surface area contributed by atoms with Crippen molar-refractivity contribution >= 4 is 11.6 Å². The molecule has 1 aliphatic rings. The fourth-order valence-corrected chi connectivity index (χ4v) is 2.94. The molecular weight excluding hydrogens is 252 g/mol. The van der Waals surface area contributed by atoms with Crippen LogP contribution in [0.4, 0.5) is 11.6 Å². The molecule has 1 aromatic rings. The zero-order chi connectivity index (χ0) is 14.5. The molecule has 0 bridgehead atoms. The lowest BCUT2D eigenvalue weighted by Crippen LogP contribution is -2.30. The first-order valence-corrected chi connectivity index (χ1v) is 7.58. The number of aromatic nitrogens is 2. The minimum absolute atomic E-state index is 0.177. The van der Waals surface area contributed by atoms with Gasteiger partial charge in [-0.1, -0.05) is 26.7 Å². The van der Waals surface area contributed by atoms with Crippen molar-refractivity contribution in [2.75, 3.05) is 24.2 Å². The molecular formula is C15H26N4O. The number of aliphatic hydroxyl groups is 1. The first-order chi connectivity index (χ1) is 9.63. The van der Waals surface area contributed by atoms with E-state index in [9.17, 15) is 5.11 Å². The summed E-state index contributed by atoms with van der Waals surface area (Å²) in [6.07, 6.45) is 5.78. The van der Waals surface area contributed by atoms with Gasteiger partial charge in [-0.3, -0.25) is 0 Å². The van der Waals surface area contributed by atoms with Gasteiger partial charge >= 0.3 is 0 Å². The van der Waals surface area contributed by atoms with E-state index in [1.807, 2.05) is 7.05 Å². The maximum Gasteiger partial charge on any atom is 0.134 e. The lowest BCUT2D eigenvalue weighted by atomic mass is 9.86. The second-order valence-corrected chi connectivity index (χ2v) is 5.88. The predicted molar refractivity (Wildman–Crippen MR) is 82.1 cm³/mol. The van der Waals surface area contributed by atoms with Crippen molar-refractivity contribution in [3.8, 4) is 0 Å². The normalized spacial score (nSPS) is 22.9. The molecule has 0 spiro atoms. The highest BCUT2D eigenvalue weighted by Crippen LogP contribution is 2.29. The topological polar surface area (TPSA) is 70.1 Å². The Kier molecular flexibility index (Phi) is 5.17. The van der Waals surface area contributed by atoms with Crippen LogP contribution >= 0.6 is 0 Å². The summed E-state index contributed by atoms with van der Waals surface area (Å²) in [5.41, 5.74) is 1.11. The van der Waals surface area contributed by atoms with Crippen LogP contribution in [0.5, 0.6) is 0 Å². The molecule has 2 unspecified atom stereocenters. The third-order valence-electron chi connectivity index (χ3n) is 4.10. The highest BCUT2D eigenvalue weighted by Gasteiger charge is 2.23. The second-order valence-electron chi connectivity index (χ2n) is 5.88. The number of anilines is 2. The van der Waals surface area contributed by atoms with Crippen molar-refractivity contribution in [2.24, 2.45) is 5.92 Å². The van der Waals surface area contributed by atoms with Crippen molar-refractivity contribution in [3.05, 3.63) is 11.9 Å². The van der Waals surface area contributed by atoms with E-state index in [2.05, 4.69) is 34.4 Å². The molecule has 0 radical (unpaired) electrons. The summed E-state index contributed by atoms with van der Waals surface area (Å²) in [7, 11) is 1.88. The molecule has 5 nitrogen and oxygen atoms in total. The van der Waals surface area contributed by atoms with Crippen LogP contribution in [0.15, 0.2) is 6.33 Å². The Hall–Kier alpha value is -1.36. The summed E-state index contributed by atoms with van der Waals surface area (Å²) in [5, 5.41) is 16.6. The van der Waals surface area contributed by atoms with E-state index in [1.54, 1.807) is 6.33 Å². The Labute approximate surface area is 121 Å². The quantitative estimate of drug-likeness (QED) is 0.772. The molecule has 112 valence electrons. The van der Waals surface area contributed by atoms with Crippen LogP contribution in [-0.2, 0) is 0 Å². The molecule has 0 saturated heterocycles. The van der Waals surface area contributed by atoms with Gasteiger partial charge in [-0.15, -0.1) is 0 Å². The zero-order valence-corrected chi connectivity index (χ0v) is 12.7. The number of aliphatic hydroxyl groups excluding tert-OH is 1. The van der Waals surface area contributed by atoms with E-state index in [-0.39, 0.29) is 6.10 Å². The molecule has 1 aromatic heterocycles. The molecule has 1 fully saturated rings. The van der Waals surface area contributed by atoms with Crippen LogP contribution in [0.25, 0.3) is 0 Å². The van der Waals surface area contributed by atoms with E-state index in [1.165, 1.54) is 6.42 Å². The molecule has 20 heavy (non-hydrogen) atoms. The number of hydrogen-bond donors (Lipinski definition) is 3. The highest BCUT2D eigenvalue weighted by molar-refractivity contribution is 5.58. The standard InChI is InChI=1S/C15H26N4O/c1-10(2)13-14(16-3)18-9-19-15(13)17-8-11-6-4-5-7-12(11)20/h9-12,20H,4-8H2,1-3H3,(H2,16,17,18,19). The SMILES string of the molecule is CNc1ncnc(NCC2CCCCC2O)c1C(C)C. The van der Waals surface area contributed by atoms with Gasteiger partial charge < -0.3 is 15.7 Å². The van der Waals surface area contributed by atoms with Crippen LogP contribution in [0.2, 0.25) is 0 Å². The monoisotopic (exact) mass is 278 g/mol. The van der Waals surface area contributed by atoms with E-state index in [0.717, 1.165) is 43.0 Å². The fourth-order valence-electron chi connectivity index (χ4n) is 2.94. The van der Waals surface area contributed by atoms with Gasteiger partial charge in [0.15, 0.2) is 0 Å². The number of nitrogens with one attached hydrogen (secondary N) is 2. The van der Waals surface area contributed by atoms with Gasteiger partial charge in [0.2, 0.25) is 0 Å². The zero-order valence-electron chi connectivity index (χ0n) is 12.7. The van der Waals surface area contributed by atoms with Gasteiger partial charge in [-0.2, -0.15) is 0 Å². The van der Waals surface area contributed by atoms with Crippen LogP contribution in [0, 0.1) is 5.92 Å². The Morgan fingerprint density at radius 3 is 2.60 bits per heavy atom. The molecule has 2 atom stereocenters. The first kappa shape index (κ1) is 15.0. The number of rotatable bonds is 5. The van der Waals surface area contributed by atoms with Gasteiger partial charge in [0, 0.05) is 25.1 Å². The van der Waals surface area contributed by atoms with E-state index >= 15 is 0 Å². The Morgan fingerprint density at radius 1 is 1.25 bits per heavy atom. The molecule has 2 rings (SSSR count). The molecule has 0 amide bonds.